The smallest absolute Gasteiger partial charge is 0.221 e. The SMILES string of the molecule is C[C@@H](CCC(=O)NC(c1ccccc1)(c1ccccc1)c1ccccc1)c1ncc(-c2ccc(F)cc2)s1. The Morgan fingerprint density at radius 3 is 1.82 bits per heavy atom. The average Bonchev–Trinajstić information content (AvgIpc) is 3.47. The van der Waals surface area contributed by atoms with Crippen LogP contribution in [-0.4, -0.2) is 10.9 Å². The average molecular weight is 521 g/mol. The van der Waals surface area contributed by atoms with E-state index in [-0.39, 0.29) is 17.6 Å². The molecule has 0 aliphatic carbocycles. The van der Waals surface area contributed by atoms with Crippen LogP contribution in [0.5, 0.6) is 0 Å². The largest absolute Gasteiger partial charge is 0.338 e. The summed E-state index contributed by atoms with van der Waals surface area (Å²) in [5, 5.41) is 4.40. The van der Waals surface area contributed by atoms with E-state index in [1.165, 1.54) is 12.1 Å². The van der Waals surface area contributed by atoms with Gasteiger partial charge in [0, 0.05) is 18.5 Å². The Hall–Kier alpha value is -4.09. The van der Waals surface area contributed by atoms with Crippen LogP contribution in [0.2, 0.25) is 0 Å². The number of hydrogen-bond acceptors (Lipinski definition) is 3. The van der Waals surface area contributed by atoms with E-state index in [0.29, 0.717) is 12.8 Å². The molecule has 0 saturated carbocycles. The van der Waals surface area contributed by atoms with Crippen molar-refractivity contribution in [1.82, 2.24) is 10.3 Å². The lowest BCUT2D eigenvalue weighted by Crippen LogP contribution is -2.47. The zero-order valence-electron chi connectivity index (χ0n) is 21.2. The molecule has 0 unspecified atom stereocenters. The first-order chi connectivity index (χ1) is 18.6. The monoisotopic (exact) mass is 520 g/mol. The van der Waals surface area contributed by atoms with Crippen molar-refractivity contribution in [3.05, 3.63) is 149 Å². The van der Waals surface area contributed by atoms with Crippen LogP contribution in [0.25, 0.3) is 10.4 Å². The summed E-state index contributed by atoms with van der Waals surface area (Å²) < 4.78 is 13.3. The molecule has 0 aliphatic rings. The minimum Gasteiger partial charge on any atom is -0.338 e. The number of nitrogens with zero attached hydrogens (tertiary/aromatic N) is 1. The first kappa shape index (κ1) is 25.6. The van der Waals surface area contributed by atoms with Gasteiger partial charge in [0.2, 0.25) is 5.91 Å². The second kappa shape index (κ2) is 11.5. The molecule has 4 aromatic carbocycles. The molecule has 1 heterocycles. The van der Waals surface area contributed by atoms with Gasteiger partial charge in [0.25, 0.3) is 0 Å². The second-order valence-electron chi connectivity index (χ2n) is 9.41. The van der Waals surface area contributed by atoms with E-state index in [9.17, 15) is 9.18 Å². The maximum atomic E-state index is 13.6. The number of carbonyl (C=O) groups is 1. The molecule has 0 saturated heterocycles. The molecule has 0 aliphatic heterocycles. The molecule has 5 heteroatoms. The normalized spacial score (nSPS) is 12.2. The number of rotatable bonds is 9. The first-order valence-electron chi connectivity index (χ1n) is 12.8. The molecule has 0 radical (unpaired) electrons. The third kappa shape index (κ3) is 5.43. The number of nitrogens with one attached hydrogen (secondary N) is 1. The number of benzene rings is 4. The predicted molar refractivity (Wildman–Crippen MR) is 153 cm³/mol. The number of thiazole rings is 1. The zero-order valence-corrected chi connectivity index (χ0v) is 22.0. The fourth-order valence-corrected chi connectivity index (χ4v) is 5.80. The van der Waals surface area contributed by atoms with Crippen LogP contribution in [0, 0.1) is 5.82 Å². The molecule has 1 aromatic heterocycles. The van der Waals surface area contributed by atoms with E-state index in [0.717, 1.165) is 32.1 Å². The summed E-state index contributed by atoms with van der Waals surface area (Å²) in [6.45, 7) is 2.10. The lowest BCUT2D eigenvalue weighted by Gasteiger charge is -2.37. The molecule has 1 amide bonds. The van der Waals surface area contributed by atoms with Gasteiger partial charge in [-0.15, -0.1) is 11.3 Å². The summed E-state index contributed by atoms with van der Waals surface area (Å²) in [4.78, 5) is 19.2. The third-order valence-electron chi connectivity index (χ3n) is 6.83. The Balaban J connectivity index is 1.38. The molecular weight excluding hydrogens is 491 g/mol. The van der Waals surface area contributed by atoms with Crippen LogP contribution in [0.1, 0.15) is 47.4 Å². The molecule has 190 valence electrons. The minimum absolute atomic E-state index is 0.0243. The van der Waals surface area contributed by atoms with E-state index in [2.05, 4.69) is 53.6 Å². The van der Waals surface area contributed by atoms with Crippen molar-refractivity contribution in [2.45, 2.75) is 31.2 Å². The standard InChI is InChI=1S/C33H29FN2OS/c1-24(32-35-23-30(38-32)25-18-20-29(34)21-19-25)17-22-31(37)36-33(26-11-5-2-6-12-26,27-13-7-3-8-14-27)28-15-9-4-10-16-28/h2-16,18-21,23-24H,17,22H2,1H3,(H,36,37)/t24-/m0/s1. The highest BCUT2D eigenvalue weighted by Gasteiger charge is 2.37. The minimum atomic E-state index is -0.818. The van der Waals surface area contributed by atoms with Gasteiger partial charge in [-0.3, -0.25) is 4.79 Å². The van der Waals surface area contributed by atoms with Crippen molar-refractivity contribution < 1.29 is 9.18 Å². The molecule has 0 bridgehead atoms. The highest BCUT2D eigenvalue weighted by atomic mass is 32.1. The number of hydrogen-bond donors (Lipinski definition) is 1. The number of carbonyl (C=O) groups excluding carboxylic acids is 1. The van der Waals surface area contributed by atoms with Gasteiger partial charge in [0.05, 0.1) is 9.88 Å². The van der Waals surface area contributed by atoms with Crippen molar-refractivity contribution in [3.63, 3.8) is 0 Å². The van der Waals surface area contributed by atoms with E-state index < -0.39 is 5.54 Å². The van der Waals surface area contributed by atoms with Crippen LogP contribution in [-0.2, 0) is 10.3 Å². The van der Waals surface area contributed by atoms with Gasteiger partial charge >= 0.3 is 0 Å². The zero-order chi connectivity index (χ0) is 26.4. The second-order valence-corrected chi connectivity index (χ2v) is 10.5. The van der Waals surface area contributed by atoms with E-state index >= 15 is 0 Å². The van der Waals surface area contributed by atoms with Crippen LogP contribution in [0.4, 0.5) is 4.39 Å². The van der Waals surface area contributed by atoms with Crippen molar-refractivity contribution >= 4 is 17.2 Å². The number of aromatic nitrogens is 1. The summed E-state index contributed by atoms with van der Waals surface area (Å²) >= 11 is 1.59. The molecule has 1 N–H and O–H groups in total. The maximum Gasteiger partial charge on any atom is 0.221 e. The lowest BCUT2D eigenvalue weighted by atomic mass is 9.77. The van der Waals surface area contributed by atoms with Gasteiger partial charge in [-0.05, 0) is 40.8 Å². The highest BCUT2D eigenvalue weighted by molar-refractivity contribution is 7.15. The highest BCUT2D eigenvalue weighted by Crippen LogP contribution is 2.37. The van der Waals surface area contributed by atoms with Crippen LogP contribution >= 0.6 is 11.3 Å². The maximum absolute atomic E-state index is 13.6. The van der Waals surface area contributed by atoms with Gasteiger partial charge in [0.15, 0.2) is 0 Å². The van der Waals surface area contributed by atoms with Gasteiger partial charge in [0.1, 0.15) is 11.4 Å². The molecule has 5 aromatic rings. The van der Waals surface area contributed by atoms with Crippen molar-refractivity contribution in [2.75, 3.05) is 0 Å². The Morgan fingerprint density at radius 1 is 0.816 bits per heavy atom. The molecule has 38 heavy (non-hydrogen) atoms. The molecule has 0 spiro atoms. The Morgan fingerprint density at radius 2 is 1.32 bits per heavy atom. The van der Waals surface area contributed by atoms with Gasteiger partial charge in [-0.1, -0.05) is 110 Å². The van der Waals surface area contributed by atoms with Gasteiger partial charge in [-0.2, -0.15) is 0 Å². The first-order valence-corrected chi connectivity index (χ1v) is 13.6. The lowest BCUT2D eigenvalue weighted by molar-refractivity contribution is -0.122. The molecule has 3 nitrogen and oxygen atoms in total. The van der Waals surface area contributed by atoms with E-state index in [4.69, 9.17) is 0 Å². The van der Waals surface area contributed by atoms with Crippen LogP contribution in [0.15, 0.2) is 121 Å². The third-order valence-corrected chi connectivity index (χ3v) is 8.10. The van der Waals surface area contributed by atoms with Crippen molar-refractivity contribution in [2.24, 2.45) is 0 Å². The summed E-state index contributed by atoms with van der Waals surface area (Å²) in [6, 6.07) is 36.8. The van der Waals surface area contributed by atoms with Gasteiger partial charge in [-0.25, -0.2) is 9.37 Å². The summed E-state index contributed by atoms with van der Waals surface area (Å²) in [7, 11) is 0. The Bertz CT molecular complexity index is 1370. The molecular formula is C33H29FN2OS. The molecule has 0 fully saturated rings. The van der Waals surface area contributed by atoms with E-state index in [1.807, 2.05) is 60.8 Å². The van der Waals surface area contributed by atoms with Crippen molar-refractivity contribution in [1.29, 1.82) is 0 Å². The molecule has 1 atom stereocenters. The Labute approximate surface area is 227 Å². The van der Waals surface area contributed by atoms with Gasteiger partial charge < -0.3 is 5.32 Å². The predicted octanol–water partition coefficient (Wildman–Crippen LogP) is 7.94. The summed E-state index contributed by atoms with van der Waals surface area (Å²) in [5.74, 6) is -0.168. The summed E-state index contributed by atoms with van der Waals surface area (Å²) in [6.07, 6.45) is 2.85. The quantitative estimate of drug-likeness (QED) is 0.200. The number of amides is 1. The molecule has 5 rings (SSSR count). The summed E-state index contributed by atoms with van der Waals surface area (Å²) in [5.41, 5.74) is 3.13. The van der Waals surface area contributed by atoms with Crippen LogP contribution in [0.3, 0.4) is 0 Å². The Kier molecular flexibility index (Phi) is 7.75. The van der Waals surface area contributed by atoms with E-state index in [1.54, 1.807) is 23.5 Å². The fourth-order valence-electron chi connectivity index (χ4n) is 4.79. The number of halogens is 1. The van der Waals surface area contributed by atoms with Crippen molar-refractivity contribution in [3.8, 4) is 10.4 Å². The topological polar surface area (TPSA) is 42.0 Å². The fraction of sp³-hybridized carbons (Fsp3) is 0.152. The van der Waals surface area contributed by atoms with Crippen LogP contribution < -0.4 is 5.32 Å².